The van der Waals surface area contributed by atoms with Crippen LogP contribution < -0.4 is 16.0 Å². The second-order valence-corrected chi connectivity index (χ2v) is 8.90. The Morgan fingerprint density at radius 2 is 1.69 bits per heavy atom. The topological polar surface area (TPSA) is 96.5 Å². The van der Waals surface area contributed by atoms with E-state index in [0.29, 0.717) is 12.2 Å². The molecular formula is C22H33N3O4. The summed E-state index contributed by atoms with van der Waals surface area (Å²) in [5, 5.41) is 7.96. The zero-order valence-electron chi connectivity index (χ0n) is 18.4. The summed E-state index contributed by atoms with van der Waals surface area (Å²) >= 11 is 0. The maximum atomic E-state index is 12.1. The summed E-state index contributed by atoms with van der Waals surface area (Å²) in [6.45, 7) is 13.5. The highest BCUT2D eigenvalue weighted by Crippen LogP contribution is 2.23. The maximum absolute atomic E-state index is 12.1. The van der Waals surface area contributed by atoms with Crippen molar-refractivity contribution in [3.8, 4) is 0 Å². The lowest BCUT2D eigenvalue weighted by atomic mass is 9.87. The molecule has 0 fully saturated rings. The average Bonchev–Trinajstić information content (AvgIpc) is 2.56. The van der Waals surface area contributed by atoms with Crippen LogP contribution in [-0.4, -0.2) is 30.1 Å². The van der Waals surface area contributed by atoms with Crippen LogP contribution in [0.3, 0.4) is 0 Å². The van der Waals surface area contributed by atoms with Gasteiger partial charge in [-0.1, -0.05) is 38.5 Å². The molecule has 0 aliphatic carbocycles. The molecular weight excluding hydrogens is 370 g/mol. The van der Waals surface area contributed by atoms with Crippen LogP contribution in [0.1, 0.15) is 54.0 Å². The minimum atomic E-state index is -0.650. The molecule has 7 heteroatoms. The summed E-state index contributed by atoms with van der Waals surface area (Å²) in [5.74, 6) is -0.533. The third-order valence-electron chi connectivity index (χ3n) is 4.00. The third-order valence-corrected chi connectivity index (χ3v) is 4.00. The summed E-state index contributed by atoms with van der Waals surface area (Å²) in [7, 11) is 0. The van der Waals surface area contributed by atoms with Crippen molar-refractivity contribution in [1.29, 1.82) is 0 Å². The van der Waals surface area contributed by atoms with Gasteiger partial charge in [0.15, 0.2) is 0 Å². The second kappa shape index (κ2) is 10.1. The lowest BCUT2D eigenvalue weighted by molar-refractivity contribution is -0.117. The van der Waals surface area contributed by atoms with E-state index in [-0.39, 0.29) is 23.8 Å². The molecule has 0 aliphatic rings. The van der Waals surface area contributed by atoms with Crippen molar-refractivity contribution in [3.63, 3.8) is 0 Å². The number of carbonyl (C=O) groups is 3. The monoisotopic (exact) mass is 403 g/mol. The van der Waals surface area contributed by atoms with Gasteiger partial charge in [-0.2, -0.15) is 0 Å². The number of hydrogen-bond donors (Lipinski definition) is 3. The van der Waals surface area contributed by atoms with Crippen molar-refractivity contribution in [2.75, 3.05) is 11.9 Å². The van der Waals surface area contributed by atoms with E-state index in [9.17, 15) is 14.4 Å². The Labute approximate surface area is 173 Å². The molecule has 0 saturated carbocycles. The van der Waals surface area contributed by atoms with E-state index in [2.05, 4.69) is 36.7 Å². The lowest BCUT2D eigenvalue weighted by Crippen LogP contribution is -2.37. The number of allylic oxidation sites excluding steroid dienone is 1. The highest BCUT2D eigenvalue weighted by molar-refractivity contribution is 5.94. The normalized spacial score (nSPS) is 12.2. The Kier molecular flexibility index (Phi) is 8.42. The smallest absolute Gasteiger partial charge is 0.408 e. The van der Waals surface area contributed by atoms with Gasteiger partial charge in [0, 0.05) is 18.3 Å². The summed E-state index contributed by atoms with van der Waals surface area (Å²) < 4.78 is 5.09. The number of amides is 3. The van der Waals surface area contributed by atoms with E-state index in [4.69, 9.17) is 4.74 Å². The van der Waals surface area contributed by atoms with Crippen molar-refractivity contribution in [3.05, 3.63) is 41.5 Å². The summed E-state index contributed by atoms with van der Waals surface area (Å²) in [4.78, 5) is 35.7. The first-order chi connectivity index (χ1) is 13.3. The van der Waals surface area contributed by atoms with E-state index in [1.807, 2.05) is 13.0 Å². The molecule has 0 bridgehead atoms. The quantitative estimate of drug-likeness (QED) is 0.630. The molecule has 0 heterocycles. The lowest BCUT2D eigenvalue weighted by Gasteiger charge is -2.19. The number of carbonyl (C=O) groups excluding carboxylic acids is 3. The van der Waals surface area contributed by atoms with E-state index < -0.39 is 11.7 Å². The molecule has 0 atom stereocenters. The van der Waals surface area contributed by atoms with Crippen LogP contribution in [0, 0.1) is 5.41 Å². The fourth-order valence-corrected chi connectivity index (χ4v) is 2.08. The molecule has 1 aromatic carbocycles. The van der Waals surface area contributed by atoms with E-state index in [0.717, 1.165) is 11.1 Å². The number of alkyl carbamates (subject to hydrolysis) is 1. The Hall–Kier alpha value is -2.83. The van der Waals surface area contributed by atoms with Crippen molar-refractivity contribution < 1.29 is 19.1 Å². The van der Waals surface area contributed by atoms with E-state index in [1.165, 1.54) is 0 Å². The van der Waals surface area contributed by atoms with Crippen molar-refractivity contribution >= 4 is 23.6 Å². The first-order valence-electron chi connectivity index (χ1n) is 9.58. The zero-order chi connectivity index (χ0) is 22.2. The minimum absolute atomic E-state index is 0.0606. The molecule has 1 rings (SSSR count). The predicted molar refractivity (Wildman–Crippen MR) is 114 cm³/mol. The average molecular weight is 404 g/mol. The van der Waals surface area contributed by atoms with Crippen molar-refractivity contribution in [2.45, 2.75) is 60.6 Å². The van der Waals surface area contributed by atoms with Crippen molar-refractivity contribution in [2.24, 2.45) is 5.41 Å². The Balaban J connectivity index is 2.55. The number of ether oxygens (including phenoxy) is 1. The fourth-order valence-electron chi connectivity index (χ4n) is 2.08. The number of anilines is 1. The van der Waals surface area contributed by atoms with Gasteiger partial charge >= 0.3 is 6.09 Å². The van der Waals surface area contributed by atoms with Crippen LogP contribution in [0.5, 0.6) is 0 Å². The van der Waals surface area contributed by atoms with Crippen LogP contribution in [-0.2, 0) is 20.9 Å². The van der Waals surface area contributed by atoms with Gasteiger partial charge in [-0.3, -0.25) is 9.59 Å². The number of nitrogens with one attached hydrogen (secondary N) is 3. The molecule has 3 amide bonds. The van der Waals surface area contributed by atoms with Gasteiger partial charge in [-0.25, -0.2) is 4.79 Å². The first kappa shape index (κ1) is 24.2. The third kappa shape index (κ3) is 10.3. The Bertz CT molecular complexity index is 771. The van der Waals surface area contributed by atoms with E-state index in [1.54, 1.807) is 45.0 Å². The Morgan fingerprint density at radius 1 is 1.03 bits per heavy atom. The number of rotatable bonds is 6. The summed E-state index contributed by atoms with van der Waals surface area (Å²) in [5.41, 5.74) is 1.73. The van der Waals surface area contributed by atoms with Gasteiger partial charge in [0.25, 0.3) is 0 Å². The van der Waals surface area contributed by atoms with Crippen LogP contribution in [0.2, 0.25) is 0 Å². The molecule has 160 valence electrons. The highest BCUT2D eigenvalue weighted by Gasteiger charge is 2.17. The van der Waals surface area contributed by atoms with E-state index >= 15 is 0 Å². The van der Waals surface area contributed by atoms with Gasteiger partial charge in [0.05, 0.1) is 0 Å². The van der Waals surface area contributed by atoms with Crippen LogP contribution in [0.25, 0.3) is 0 Å². The fraction of sp³-hybridized carbons (Fsp3) is 0.500. The first-order valence-corrected chi connectivity index (χ1v) is 9.58. The minimum Gasteiger partial charge on any atom is -0.444 e. The molecule has 0 spiro atoms. The molecule has 1 aromatic rings. The SMILES string of the molecule is C/C(=C\C(=O)NCc1cccc(NC(=O)CNC(=O)OC(C)(C)C)c1)C(C)(C)C. The molecule has 0 radical (unpaired) electrons. The largest absolute Gasteiger partial charge is 0.444 e. The van der Waals surface area contributed by atoms with Gasteiger partial charge in [-0.05, 0) is 50.8 Å². The summed E-state index contributed by atoms with van der Waals surface area (Å²) in [6, 6.07) is 7.15. The maximum Gasteiger partial charge on any atom is 0.408 e. The second-order valence-electron chi connectivity index (χ2n) is 8.90. The molecule has 7 nitrogen and oxygen atoms in total. The number of hydrogen-bond acceptors (Lipinski definition) is 4. The van der Waals surface area contributed by atoms with Gasteiger partial charge in [0.1, 0.15) is 12.1 Å². The van der Waals surface area contributed by atoms with Gasteiger partial charge in [0.2, 0.25) is 11.8 Å². The Morgan fingerprint density at radius 3 is 2.28 bits per heavy atom. The molecule has 3 N–H and O–H groups in total. The van der Waals surface area contributed by atoms with Crippen LogP contribution >= 0.6 is 0 Å². The van der Waals surface area contributed by atoms with Crippen molar-refractivity contribution in [1.82, 2.24) is 10.6 Å². The molecule has 29 heavy (non-hydrogen) atoms. The van der Waals surface area contributed by atoms with Crippen LogP contribution in [0.15, 0.2) is 35.9 Å². The van der Waals surface area contributed by atoms with Gasteiger partial charge in [-0.15, -0.1) is 0 Å². The standard InChI is InChI=1S/C22H33N3O4/c1-15(21(2,3)4)11-18(26)23-13-16-9-8-10-17(12-16)25-19(27)14-24-20(28)29-22(5,6)7/h8-12H,13-14H2,1-7H3,(H,23,26)(H,24,28)(H,25,27)/b15-11+. The molecule has 0 aliphatic heterocycles. The van der Waals surface area contributed by atoms with Crippen LogP contribution in [0.4, 0.5) is 10.5 Å². The highest BCUT2D eigenvalue weighted by atomic mass is 16.6. The predicted octanol–water partition coefficient (Wildman–Crippen LogP) is 3.76. The molecule has 0 saturated heterocycles. The molecule has 0 unspecified atom stereocenters. The molecule has 0 aromatic heterocycles. The summed E-state index contributed by atoms with van der Waals surface area (Å²) in [6.07, 6.45) is 0.955. The number of benzene rings is 1. The van der Waals surface area contributed by atoms with Gasteiger partial charge < -0.3 is 20.7 Å². The zero-order valence-corrected chi connectivity index (χ0v) is 18.4.